The van der Waals surface area contributed by atoms with Gasteiger partial charge in [0.25, 0.3) is 0 Å². The Morgan fingerprint density at radius 1 is 1.05 bits per heavy atom. The smallest absolute Gasteiger partial charge is 0.119 e. The molecular weight excluding hydrogens is 246 g/mol. The van der Waals surface area contributed by atoms with E-state index in [0.29, 0.717) is 6.10 Å². The van der Waals surface area contributed by atoms with Crippen LogP contribution in [0, 0.1) is 6.92 Å². The van der Waals surface area contributed by atoms with Crippen LogP contribution in [0.25, 0.3) is 0 Å². The van der Waals surface area contributed by atoms with Gasteiger partial charge in [-0.1, -0.05) is 42.0 Å². The highest BCUT2D eigenvalue weighted by atomic mass is 16.5. The second-order valence-electron chi connectivity index (χ2n) is 5.52. The van der Waals surface area contributed by atoms with E-state index in [1.54, 1.807) is 0 Å². The molecule has 20 heavy (non-hydrogen) atoms. The van der Waals surface area contributed by atoms with E-state index < -0.39 is 0 Å². The van der Waals surface area contributed by atoms with Crippen molar-refractivity contribution in [2.45, 2.75) is 31.9 Å². The predicted molar refractivity (Wildman–Crippen MR) is 82.2 cm³/mol. The van der Waals surface area contributed by atoms with Crippen molar-refractivity contribution in [1.82, 2.24) is 5.32 Å². The Labute approximate surface area is 120 Å². The van der Waals surface area contributed by atoms with Gasteiger partial charge in [-0.2, -0.15) is 0 Å². The van der Waals surface area contributed by atoms with Gasteiger partial charge in [0.15, 0.2) is 0 Å². The number of rotatable bonds is 5. The topological polar surface area (TPSA) is 21.3 Å². The molecule has 0 aliphatic heterocycles. The van der Waals surface area contributed by atoms with Crippen molar-refractivity contribution in [1.29, 1.82) is 0 Å². The minimum atomic E-state index is 0.227. The van der Waals surface area contributed by atoms with Gasteiger partial charge in [-0.3, -0.25) is 0 Å². The van der Waals surface area contributed by atoms with Gasteiger partial charge < -0.3 is 10.1 Å². The lowest BCUT2D eigenvalue weighted by Gasteiger charge is -2.18. The van der Waals surface area contributed by atoms with E-state index >= 15 is 0 Å². The van der Waals surface area contributed by atoms with Crippen LogP contribution in [0.3, 0.4) is 0 Å². The van der Waals surface area contributed by atoms with E-state index in [1.165, 1.54) is 29.5 Å². The van der Waals surface area contributed by atoms with Crippen LogP contribution < -0.4 is 10.1 Å². The van der Waals surface area contributed by atoms with Crippen molar-refractivity contribution < 1.29 is 4.74 Å². The molecule has 0 bridgehead atoms. The fourth-order valence-corrected chi connectivity index (χ4v) is 2.49. The maximum absolute atomic E-state index is 5.80. The summed E-state index contributed by atoms with van der Waals surface area (Å²) in [6.07, 6.45) is 2.85. The largest absolute Gasteiger partial charge is 0.490 e. The lowest BCUT2D eigenvalue weighted by molar-refractivity contribution is 0.303. The molecule has 1 aliphatic carbocycles. The van der Waals surface area contributed by atoms with Crippen LogP contribution in [0.5, 0.6) is 5.75 Å². The quantitative estimate of drug-likeness (QED) is 0.888. The predicted octanol–water partition coefficient (Wildman–Crippen LogP) is 3.85. The molecule has 1 unspecified atom stereocenters. The van der Waals surface area contributed by atoms with Crippen LogP contribution >= 0.6 is 0 Å². The van der Waals surface area contributed by atoms with Crippen molar-refractivity contribution in [2.24, 2.45) is 0 Å². The summed E-state index contributed by atoms with van der Waals surface area (Å²) in [7, 11) is 2.00. The molecule has 0 amide bonds. The Balaban J connectivity index is 1.81. The summed E-state index contributed by atoms with van der Waals surface area (Å²) in [5.74, 6) is 0.982. The summed E-state index contributed by atoms with van der Waals surface area (Å²) in [5, 5.41) is 3.39. The normalized spacial score (nSPS) is 15.9. The highest BCUT2D eigenvalue weighted by Crippen LogP contribution is 2.29. The van der Waals surface area contributed by atoms with Crippen LogP contribution in [0.2, 0.25) is 0 Å². The van der Waals surface area contributed by atoms with Gasteiger partial charge in [0, 0.05) is 0 Å². The summed E-state index contributed by atoms with van der Waals surface area (Å²) in [6.45, 7) is 2.13. The zero-order valence-electron chi connectivity index (χ0n) is 12.1. The van der Waals surface area contributed by atoms with Gasteiger partial charge in [-0.05, 0) is 50.1 Å². The molecule has 0 saturated heterocycles. The summed E-state index contributed by atoms with van der Waals surface area (Å²) in [5.41, 5.74) is 3.85. The Morgan fingerprint density at radius 2 is 1.80 bits per heavy atom. The third-order valence-corrected chi connectivity index (χ3v) is 3.70. The highest BCUT2D eigenvalue weighted by Gasteiger charge is 2.23. The number of ether oxygens (including phenoxy) is 1. The molecule has 1 fully saturated rings. The van der Waals surface area contributed by atoms with Crippen molar-refractivity contribution in [3.8, 4) is 5.75 Å². The number of benzene rings is 2. The van der Waals surface area contributed by atoms with Crippen molar-refractivity contribution in [3.63, 3.8) is 0 Å². The molecule has 2 aromatic rings. The zero-order chi connectivity index (χ0) is 13.9. The Kier molecular flexibility index (Phi) is 3.75. The molecule has 0 radical (unpaired) electrons. The van der Waals surface area contributed by atoms with E-state index in [-0.39, 0.29) is 6.04 Å². The molecule has 0 spiro atoms. The Hall–Kier alpha value is -1.80. The van der Waals surface area contributed by atoms with E-state index in [9.17, 15) is 0 Å². The van der Waals surface area contributed by atoms with Crippen LogP contribution in [0.15, 0.2) is 48.5 Å². The molecule has 3 rings (SSSR count). The first kappa shape index (κ1) is 13.2. The lowest BCUT2D eigenvalue weighted by atomic mass is 9.97. The summed E-state index contributed by atoms with van der Waals surface area (Å²) in [6, 6.07) is 17.3. The lowest BCUT2D eigenvalue weighted by Crippen LogP contribution is -2.17. The zero-order valence-corrected chi connectivity index (χ0v) is 12.1. The molecule has 104 valence electrons. The number of nitrogens with one attached hydrogen (secondary N) is 1. The van der Waals surface area contributed by atoms with E-state index in [1.807, 2.05) is 7.05 Å². The molecule has 1 N–H and O–H groups in total. The van der Waals surface area contributed by atoms with E-state index in [0.717, 1.165) is 5.75 Å². The van der Waals surface area contributed by atoms with Gasteiger partial charge in [0.2, 0.25) is 0 Å². The first-order valence-corrected chi connectivity index (χ1v) is 7.27. The van der Waals surface area contributed by atoms with Gasteiger partial charge in [-0.15, -0.1) is 0 Å². The second-order valence-corrected chi connectivity index (χ2v) is 5.52. The third-order valence-electron chi connectivity index (χ3n) is 3.70. The third kappa shape index (κ3) is 3.02. The number of hydrogen-bond acceptors (Lipinski definition) is 2. The minimum Gasteiger partial charge on any atom is -0.490 e. The first-order chi connectivity index (χ1) is 9.76. The Bertz CT molecular complexity index is 572. The summed E-state index contributed by atoms with van der Waals surface area (Å²) in [4.78, 5) is 0. The molecule has 0 heterocycles. The molecule has 1 aliphatic rings. The summed E-state index contributed by atoms with van der Waals surface area (Å²) >= 11 is 0. The van der Waals surface area contributed by atoms with Crippen LogP contribution in [-0.2, 0) is 0 Å². The average Bonchev–Trinajstić information content (AvgIpc) is 3.26. The van der Waals surface area contributed by atoms with E-state index in [2.05, 4.69) is 60.8 Å². The van der Waals surface area contributed by atoms with Crippen LogP contribution in [0.4, 0.5) is 0 Å². The SMILES string of the molecule is CNC(c1ccc(OC2CC2)cc1)c1cccc(C)c1. The number of aryl methyl sites for hydroxylation is 1. The highest BCUT2D eigenvalue weighted by molar-refractivity contribution is 5.37. The fraction of sp³-hybridized carbons (Fsp3) is 0.333. The minimum absolute atomic E-state index is 0.227. The van der Waals surface area contributed by atoms with Crippen molar-refractivity contribution in [2.75, 3.05) is 7.05 Å². The second kappa shape index (κ2) is 5.68. The maximum atomic E-state index is 5.80. The standard InChI is InChI=1S/C18H21NO/c1-13-4-3-5-15(12-13)18(19-2)14-6-8-16(9-7-14)20-17-10-11-17/h3-9,12,17-19H,10-11H2,1-2H3. The molecule has 1 saturated carbocycles. The van der Waals surface area contributed by atoms with Gasteiger partial charge in [0.1, 0.15) is 5.75 Å². The molecule has 2 nitrogen and oxygen atoms in total. The Morgan fingerprint density at radius 3 is 2.40 bits per heavy atom. The molecule has 2 aromatic carbocycles. The number of hydrogen-bond donors (Lipinski definition) is 1. The van der Waals surface area contributed by atoms with Crippen molar-refractivity contribution in [3.05, 3.63) is 65.2 Å². The molecular formula is C18H21NO. The molecule has 0 aromatic heterocycles. The van der Waals surface area contributed by atoms with Gasteiger partial charge in [-0.25, -0.2) is 0 Å². The van der Waals surface area contributed by atoms with E-state index in [4.69, 9.17) is 4.74 Å². The molecule has 2 heteroatoms. The monoisotopic (exact) mass is 267 g/mol. The molecule has 1 atom stereocenters. The maximum Gasteiger partial charge on any atom is 0.119 e. The van der Waals surface area contributed by atoms with Crippen LogP contribution in [-0.4, -0.2) is 13.2 Å². The van der Waals surface area contributed by atoms with Gasteiger partial charge >= 0.3 is 0 Å². The van der Waals surface area contributed by atoms with Crippen LogP contribution in [0.1, 0.15) is 35.6 Å². The average molecular weight is 267 g/mol. The summed E-state index contributed by atoms with van der Waals surface area (Å²) < 4.78 is 5.80. The van der Waals surface area contributed by atoms with Crippen molar-refractivity contribution >= 4 is 0 Å². The van der Waals surface area contributed by atoms with Gasteiger partial charge in [0.05, 0.1) is 12.1 Å². The first-order valence-electron chi connectivity index (χ1n) is 7.27. The fourth-order valence-electron chi connectivity index (χ4n) is 2.49.